The number of carbonyl (C=O) groups is 3. The van der Waals surface area contributed by atoms with Crippen molar-refractivity contribution in [1.82, 2.24) is 9.97 Å². The second kappa shape index (κ2) is 30.8. The Labute approximate surface area is 471 Å². The number of benzene rings is 7. The summed E-state index contributed by atoms with van der Waals surface area (Å²) < 4.78 is 44.6. The summed E-state index contributed by atoms with van der Waals surface area (Å²) in [5.41, 5.74) is 7.28. The molecule has 15 nitrogen and oxygen atoms in total. The molecule has 0 amide bonds. The zero-order valence-corrected chi connectivity index (χ0v) is 45.4. The monoisotopic (exact) mass is 1090 g/mol. The standard InChI is InChI=1S/C66H66N4O11/c1-4-62(71)78-34-13-9-7-11-32-75-52-25-21-50(22-26-52)67-44-47-18-29-56-57-30-19-48(45-68-51-23-27-53(28-24-51)76-33-12-8-10-14-35-79-63(72)5-2)41-59(57)66-65(58(56)40-47)69-60-31-20-49(42-61(60)70-66)46-81-55-17-15-16-54(43-55)77-38-36-74-37-39-80-64(73)6-3/h4-6,15-31,40-45H,1-3,7-14,32-39,46H2/b67-44+,68-45+. The van der Waals surface area contributed by atoms with Gasteiger partial charge in [-0.15, -0.1) is 0 Å². The maximum atomic E-state index is 11.2. The van der Waals surface area contributed by atoms with Crippen LogP contribution in [0, 0.1) is 0 Å². The highest BCUT2D eigenvalue weighted by Crippen LogP contribution is 2.36. The quantitative estimate of drug-likeness (QED) is 0.00723. The Bertz CT molecular complexity index is 3500. The fourth-order valence-electron chi connectivity index (χ4n) is 8.63. The Morgan fingerprint density at radius 3 is 1.41 bits per heavy atom. The molecule has 0 bridgehead atoms. The van der Waals surface area contributed by atoms with Crippen LogP contribution in [-0.2, 0) is 39.9 Å². The molecule has 0 aliphatic rings. The molecular weight excluding hydrogens is 1020 g/mol. The highest BCUT2D eigenvalue weighted by molar-refractivity contribution is 6.25. The minimum Gasteiger partial charge on any atom is -0.494 e. The molecule has 8 aromatic rings. The predicted molar refractivity (Wildman–Crippen MR) is 318 cm³/mol. The molecule has 0 fully saturated rings. The summed E-state index contributed by atoms with van der Waals surface area (Å²) in [5.74, 6) is 1.56. The largest absolute Gasteiger partial charge is 0.494 e. The Kier molecular flexibility index (Phi) is 22.0. The van der Waals surface area contributed by atoms with Gasteiger partial charge >= 0.3 is 17.9 Å². The number of esters is 3. The fourth-order valence-corrected chi connectivity index (χ4v) is 8.63. The number of unbranched alkanes of at least 4 members (excludes halogenated alkanes) is 6. The number of aliphatic imine (C=N–C) groups is 2. The normalized spacial score (nSPS) is 11.3. The number of aromatic nitrogens is 2. The first-order valence-corrected chi connectivity index (χ1v) is 27.2. The van der Waals surface area contributed by atoms with Crippen molar-refractivity contribution in [1.29, 1.82) is 0 Å². The van der Waals surface area contributed by atoms with E-state index in [2.05, 4.69) is 56.1 Å². The summed E-state index contributed by atoms with van der Waals surface area (Å²) in [6.45, 7) is 13.5. The molecule has 0 N–H and O–H groups in total. The predicted octanol–water partition coefficient (Wildman–Crippen LogP) is 13.6. The van der Waals surface area contributed by atoms with Gasteiger partial charge in [0.2, 0.25) is 0 Å². The van der Waals surface area contributed by atoms with E-state index in [9.17, 15) is 14.4 Å². The van der Waals surface area contributed by atoms with Crippen molar-refractivity contribution in [2.45, 2.75) is 58.0 Å². The summed E-state index contributed by atoms with van der Waals surface area (Å²) in [4.78, 5) is 54.0. The number of fused-ring (bicyclic) bond motifs is 7. The summed E-state index contributed by atoms with van der Waals surface area (Å²) in [6, 6.07) is 41.5. The van der Waals surface area contributed by atoms with Crippen LogP contribution in [0.4, 0.5) is 11.4 Å². The molecule has 8 rings (SSSR count). The molecule has 416 valence electrons. The van der Waals surface area contributed by atoms with Gasteiger partial charge in [0, 0.05) is 47.5 Å². The summed E-state index contributed by atoms with van der Waals surface area (Å²) >= 11 is 0. The van der Waals surface area contributed by atoms with Gasteiger partial charge in [-0.1, -0.05) is 56.1 Å². The van der Waals surface area contributed by atoms with Gasteiger partial charge in [0.05, 0.1) is 73.1 Å². The molecule has 0 aliphatic carbocycles. The SMILES string of the molecule is C=CC(=O)OCCCCCCOc1ccc(/N=C/c2ccc3c4ccc(/C=N/c5ccc(OCCCCCCOC(=O)C=C)cc5)cc4c4nc5cc(COc6cccc(OCCOCCOC(=O)C=C)c6)ccc5nc4c3c2)cc1. The molecule has 15 heteroatoms. The lowest BCUT2D eigenvalue weighted by molar-refractivity contribution is -0.139. The maximum absolute atomic E-state index is 11.2. The fraction of sp³-hybridized carbons (Fsp3) is 0.258. The van der Waals surface area contributed by atoms with Crippen LogP contribution in [0.3, 0.4) is 0 Å². The molecule has 1 heterocycles. The molecule has 7 aromatic carbocycles. The van der Waals surface area contributed by atoms with E-state index in [-0.39, 0.29) is 25.8 Å². The second-order valence-corrected chi connectivity index (χ2v) is 18.7. The van der Waals surface area contributed by atoms with Gasteiger partial charge in [-0.25, -0.2) is 24.4 Å². The number of hydrogen-bond donors (Lipinski definition) is 0. The Morgan fingerprint density at radius 1 is 0.407 bits per heavy atom. The van der Waals surface area contributed by atoms with Gasteiger partial charge in [0.25, 0.3) is 0 Å². The van der Waals surface area contributed by atoms with Gasteiger partial charge in [-0.3, -0.25) is 9.98 Å². The van der Waals surface area contributed by atoms with Gasteiger partial charge < -0.3 is 37.9 Å². The molecule has 0 radical (unpaired) electrons. The number of hydrogen-bond acceptors (Lipinski definition) is 15. The first-order chi connectivity index (χ1) is 39.7. The van der Waals surface area contributed by atoms with Crippen LogP contribution in [-0.4, -0.2) is 93.2 Å². The molecule has 0 atom stereocenters. The lowest BCUT2D eigenvalue weighted by atomic mass is 9.96. The van der Waals surface area contributed by atoms with Crippen molar-refractivity contribution in [3.8, 4) is 23.0 Å². The molecule has 0 aliphatic heterocycles. The van der Waals surface area contributed by atoms with E-state index in [0.29, 0.717) is 51.1 Å². The lowest BCUT2D eigenvalue weighted by Gasteiger charge is -2.13. The molecule has 0 unspecified atom stereocenters. The van der Waals surface area contributed by atoms with Crippen molar-refractivity contribution < 1.29 is 52.3 Å². The third kappa shape index (κ3) is 17.9. The molecule has 0 spiro atoms. The van der Waals surface area contributed by atoms with Crippen molar-refractivity contribution in [2.75, 3.05) is 52.9 Å². The van der Waals surface area contributed by atoms with Crippen LogP contribution in [0.25, 0.3) is 43.6 Å². The van der Waals surface area contributed by atoms with E-state index >= 15 is 0 Å². The zero-order chi connectivity index (χ0) is 56.4. The Hall–Kier alpha value is -9.21. The molecule has 81 heavy (non-hydrogen) atoms. The number of nitrogens with zero attached hydrogens (tertiary/aromatic N) is 4. The molecule has 0 saturated heterocycles. The van der Waals surface area contributed by atoms with Crippen LogP contribution in [0.2, 0.25) is 0 Å². The van der Waals surface area contributed by atoms with Crippen LogP contribution < -0.4 is 18.9 Å². The average molecular weight is 1090 g/mol. The van der Waals surface area contributed by atoms with Gasteiger partial charge in [-0.2, -0.15) is 0 Å². The summed E-state index contributed by atoms with van der Waals surface area (Å²) in [5, 5.41) is 3.94. The van der Waals surface area contributed by atoms with Gasteiger partial charge in [0.1, 0.15) is 42.8 Å². The minimum absolute atomic E-state index is 0.142. The molecular formula is C66H66N4O11. The Balaban J connectivity index is 0.973. The third-order valence-electron chi connectivity index (χ3n) is 12.8. The lowest BCUT2D eigenvalue weighted by Crippen LogP contribution is -2.12. The van der Waals surface area contributed by atoms with Gasteiger partial charge in [0.15, 0.2) is 0 Å². The van der Waals surface area contributed by atoms with Crippen molar-refractivity contribution in [3.05, 3.63) is 182 Å². The zero-order valence-electron chi connectivity index (χ0n) is 45.4. The van der Waals surface area contributed by atoms with E-state index in [4.69, 9.17) is 57.8 Å². The first kappa shape index (κ1) is 58.0. The minimum atomic E-state index is -0.488. The van der Waals surface area contributed by atoms with E-state index in [1.165, 1.54) is 12.2 Å². The maximum Gasteiger partial charge on any atom is 0.330 e. The number of carbonyl (C=O) groups excluding carboxylic acids is 3. The highest BCUT2D eigenvalue weighted by Gasteiger charge is 2.15. The summed E-state index contributed by atoms with van der Waals surface area (Å²) in [7, 11) is 0. The smallest absolute Gasteiger partial charge is 0.330 e. The highest BCUT2D eigenvalue weighted by atomic mass is 16.6. The van der Waals surface area contributed by atoms with E-state index in [1.54, 1.807) is 0 Å². The van der Waals surface area contributed by atoms with Gasteiger partial charge in [-0.05, 0) is 164 Å². The number of ether oxygens (including phenoxy) is 8. The molecule has 1 aromatic heterocycles. The van der Waals surface area contributed by atoms with E-state index in [1.807, 2.05) is 103 Å². The van der Waals surface area contributed by atoms with Crippen molar-refractivity contribution in [2.24, 2.45) is 9.98 Å². The van der Waals surface area contributed by atoms with Crippen LogP contribution in [0.1, 0.15) is 68.1 Å². The average Bonchev–Trinajstić information content (AvgIpc) is 3.65. The molecule has 0 saturated carbocycles. The van der Waals surface area contributed by atoms with Crippen LogP contribution in [0.15, 0.2) is 175 Å². The second-order valence-electron chi connectivity index (χ2n) is 18.7. The van der Waals surface area contributed by atoms with E-state index in [0.717, 1.165) is 141 Å². The number of rotatable bonds is 33. The van der Waals surface area contributed by atoms with Crippen molar-refractivity contribution in [3.63, 3.8) is 0 Å². The topological polar surface area (TPSA) is 176 Å². The third-order valence-corrected chi connectivity index (χ3v) is 12.8. The summed E-state index contributed by atoms with van der Waals surface area (Å²) in [6.07, 6.45) is 14.5. The Morgan fingerprint density at radius 2 is 0.877 bits per heavy atom. The van der Waals surface area contributed by atoms with E-state index < -0.39 is 11.9 Å². The van der Waals surface area contributed by atoms with Crippen LogP contribution in [0.5, 0.6) is 23.0 Å². The van der Waals surface area contributed by atoms with Crippen LogP contribution >= 0.6 is 0 Å². The van der Waals surface area contributed by atoms with Crippen molar-refractivity contribution >= 4 is 85.3 Å². The first-order valence-electron chi connectivity index (χ1n) is 27.2.